The van der Waals surface area contributed by atoms with Crippen LogP contribution in [0, 0.1) is 17.1 Å². The number of amides is 1. The maximum Gasteiger partial charge on any atom is 0.253 e. The molecule has 3 aromatic carbocycles. The second-order valence-electron chi connectivity index (χ2n) is 7.66. The molecule has 3 N–H and O–H groups in total. The monoisotopic (exact) mass is 455 g/mol. The third kappa shape index (κ3) is 5.90. The van der Waals surface area contributed by atoms with Crippen molar-refractivity contribution in [2.75, 3.05) is 5.32 Å². The lowest BCUT2D eigenvalue weighted by atomic mass is 9.95. The van der Waals surface area contributed by atoms with Crippen LogP contribution in [0.2, 0.25) is 0 Å². The minimum Gasteiger partial charge on any atom is -0.466 e. The van der Waals surface area contributed by atoms with Crippen molar-refractivity contribution < 1.29 is 13.9 Å². The Morgan fingerprint density at radius 1 is 1.18 bits per heavy atom. The first-order valence-corrected chi connectivity index (χ1v) is 10.9. The summed E-state index contributed by atoms with van der Waals surface area (Å²) in [5, 5.41) is 12.2. The molecule has 0 bridgehead atoms. The number of carbonyl (C=O) groups is 1. The van der Waals surface area contributed by atoms with Gasteiger partial charge in [0.25, 0.3) is 5.91 Å². The Labute approximate surface area is 199 Å². The number of nitrogens with one attached hydrogen (secondary N) is 1. The van der Waals surface area contributed by atoms with Crippen molar-refractivity contribution in [2.45, 2.75) is 26.2 Å². The summed E-state index contributed by atoms with van der Waals surface area (Å²) in [5.41, 5.74) is 9.59. The fourth-order valence-electron chi connectivity index (χ4n) is 3.56. The third-order valence-electron chi connectivity index (χ3n) is 5.29. The number of hydrogen-bond donors (Lipinski definition) is 2. The summed E-state index contributed by atoms with van der Waals surface area (Å²) in [6.45, 7) is 5.47. The van der Waals surface area contributed by atoms with Gasteiger partial charge in [0.1, 0.15) is 11.6 Å². The van der Waals surface area contributed by atoms with Crippen molar-refractivity contribution in [2.24, 2.45) is 5.73 Å². The van der Waals surface area contributed by atoms with Gasteiger partial charge in [-0.05, 0) is 59.5 Å². The second kappa shape index (κ2) is 11.5. The highest BCUT2D eigenvalue weighted by molar-refractivity contribution is 6.04. The summed E-state index contributed by atoms with van der Waals surface area (Å²) in [5.74, 6) is -0.262. The van der Waals surface area contributed by atoms with Crippen LogP contribution in [0.5, 0.6) is 5.75 Å². The van der Waals surface area contributed by atoms with Crippen LogP contribution < -0.4 is 15.8 Å². The Morgan fingerprint density at radius 3 is 2.56 bits per heavy atom. The molecule has 0 atom stereocenters. The molecule has 6 heteroatoms. The van der Waals surface area contributed by atoms with Gasteiger partial charge in [-0.25, -0.2) is 4.39 Å². The average molecular weight is 456 g/mol. The molecule has 3 aromatic rings. The van der Waals surface area contributed by atoms with Crippen LogP contribution in [0.15, 0.2) is 90.8 Å². The van der Waals surface area contributed by atoms with E-state index in [-0.39, 0.29) is 12.3 Å². The SMILES string of the molecule is C=COc1ccc(NC(=O)/C(Cc2ccc(-c3ccccc3C#N)cc2F)=C(\N)CCC)cc1. The molecule has 0 aliphatic rings. The van der Waals surface area contributed by atoms with E-state index in [2.05, 4.69) is 18.0 Å². The van der Waals surface area contributed by atoms with E-state index in [0.717, 1.165) is 6.42 Å². The highest BCUT2D eigenvalue weighted by Gasteiger charge is 2.18. The molecule has 0 saturated heterocycles. The van der Waals surface area contributed by atoms with Crippen molar-refractivity contribution in [1.82, 2.24) is 0 Å². The van der Waals surface area contributed by atoms with Gasteiger partial charge < -0.3 is 15.8 Å². The molecule has 3 rings (SSSR count). The van der Waals surface area contributed by atoms with Gasteiger partial charge in [0.05, 0.1) is 17.9 Å². The van der Waals surface area contributed by atoms with E-state index in [9.17, 15) is 10.1 Å². The van der Waals surface area contributed by atoms with Gasteiger partial charge in [0.15, 0.2) is 0 Å². The van der Waals surface area contributed by atoms with E-state index in [0.29, 0.717) is 51.4 Å². The fraction of sp³-hybridized carbons (Fsp3) is 0.143. The topological polar surface area (TPSA) is 88.1 Å². The predicted molar refractivity (Wildman–Crippen MR) is 132 cm³/mol. The van der Waals surface area contributed by atoms with E-state index in [1.54, 1.807) is 60.7 Å². The van der Waals surface area contributed by atoms with Crippen LogP contribution in [0.1, 0.15) is 30.9 Å². The van der Waals surface area contributed by atoms with Crippen LogP contribution in [0.3, 0.4) is 0 Å². The Bertz CT molecular complexity index is 1260. The number of nitriles is 1. The Balaban J connectivity index is 1.86. The molecule has 0 spiro atoms. The summed E-state index contributed by atoms with van der Waals surface area (Å²) >= 11 is 0. The lowest BCUT2D eigenvalue weighted by Gasteiger charge is -2.14. The van der Waals surface area contributed by atoms with E-state index in [1.165, 1.54) is 12.3 Å². The fourth-order valence-corrected chi connectivity index (χ4v) is 3.56. The molecular formula is C28H26FN3O2. The molecule has 0 unspecified atom stereocenters. The normalized spacial score (nSPS) is 11.2. The molecule has 0 aliphatic heterocycles. The second-order valence-corrected chi connectivity index (χ2v) is 7.66. The molecule has 5 nitrogen and oxygen atoms in total. The summed E-state index contributed by atoms with van der Waals surface area (Å²) in [4.78, 5) is 13.1. The number of anilines is 1. The van der Waals surface area contributed by atoms with E-state index < -0.39 is 5.82 Å². The Hall–Kier alpha value is -4.37. The number of benzene rings is 3. The quantitative estimate of drug-likeness (QED) is 0.302. The third-order valence-corrected chi connectivity index (χ3v) is 5.29. The first kappa shape index (κ1) is 24.3. The summed E-state index contributed by atoms with van der Waals surface area (Å²) in [7, 11) is 0. The van der Waals surface area contributed by atoms with E-state index >= 15 is 4.39 Å². The van der Waals surface area contributed by atoms with Gasteiger partial charge in [-0.1, -0.05) is 50.3 Å². The largest absolute Gasteiger partial charge is 0.466 e. The number of ether oxygens (including phenoxy) is 1. The standard InChI is InChI=1S/C28H26FN3O2/c1-3-7-27(31)25(28(33)32-22-12-14-23(15-13-22)34-4-2)16-20-11-10-19(17-26(20)29)24-9-6-5-8-21(24)18-30/h4-6,8-15,17H,2-3,7,16,31H2,1H3,(H,32,33)/b27-25-. The van der Waals surface area contributed by atoms with Gasteiger partial charge >= 0.3 is 0 Å². The molecule has 0 radical (unpaired) electrons. The number of nitrogens with two attached hydrogens (primary N) is 1. The average Bonchev–Trinajstić information content (AvgIpc) is 2.84. The molecule has 172 valence electrons. The molecule has 34 heavy (non-hydrogen) atoms. The zero-order chi connectivity index (χ0) is 24.5. The van der Waals surface area contributed by atoms with E-state index in [4.69, 9.17) is 10.5 Å². The predicted octanol–water partition coefficient (Wildman–Crippen LogP) is 6.08. The van der Waals surface area contributed by atoms with Crippen molar-refractivity contribution in [3.05, 3.63) is 108 Å². The van der Waals surface area contributed by atoms with Gasteiger partial charge in [0.2, 0.25) is 0 Å². The van der Waals surface area contributed by atoms with Crippen LogP contribution in [-0.4, -0.2) is 5.91 Å². The number of rotatable bonds is 9. The Kier molecular flexibility index (Phi) is 8.20. The van der Waals surface area contributed by atoms with Crippen molar-refractivity contribution in [3.8, 4) is 22.9 Å². The summed E-state index contributed by atoms with van der Waals surface area (Å²) in [6, 6.07) is 20.7. The number of nitrogens with zero attached hydrogens (tertiary/aromatic N) is 1. The van der Waals surface area contributed by atoms with Crippen LogP contribution in [0.4, 0.5) is 10.1 Å². The maximum atomic E-state index is 15.1. The zero-order valence-electron chi connectivity index (χ0n) is 19.0. The summed E-state index contributed by atoms with van der Waals surface area (Å²) < 4.78 is 20.3. The Morgan fingerprint density at radius 2 is 1.91 bits per heavy atom. The van der Waals surface area contributed by atoms with E-state index in [1.807, 2.05) is 6.92 Å². The molecule has 0 saturated carbocycles. The highest BCUT2D eigenvalue weighted by atomic mass is 19.1. The molecule has 0 aromatic heterocycles. The highest BCUT2D eigenvalue weighted by Crippen LogP contribution is 2.27. The lowest BCUT2D eigenvalue weighted by molar-refractivity contribution is -0.113. The lowest BCUT2D eigenvalue weighted by Crippen LogP contribution is -2.21. The maximum absolute atomic E-state index is 15.1. The van der Waals surface area contributed by atoms with Gasteiger partial charge in [-0.2, -0.15) is 5.26 Å². The molecule has 0 aliphatic carbocycles. The van der Waals surface area contributed by atoms with Gasteiger partial charge in [0, 0.05) is 23.4 Å². The minimum atomic E-state index is -0.467. The van der Waals surface area contributed by atoms with Crippen molar-refractivity contribution in [3.63, 3.8) is 0 Å². The first-order valence-electron chi connectivity index (χ1n) is 10.9. The van der Waals surface area contributed by atoms with Crippen molar-refractivity contribution in [1.29, 1.82) is 5.26 Å². The van der Waals surface area contributed by atoms with Gasteiger partial charge in [-0.3, -0.25) is 4.79 Å². The molecule has 1 amide bonds. The molecule has 0 heterocycles. The summed E-state index contributed by atoms with van der Waals surface area (Å²) in [6.07, 6.45) is 2.63. The molecule has 0 fully saturated rings. The van der Waals surface area contributed by atoms with Crippen LogP contribution in [-0.2, 0) is 11.2 Å². The zero-order valence-corrected chi connectivity index (χ0v) is 19.0. The van der Waals surface area contributed by atoms with Crippen LogP contribution in [0.25, 0.3) is 11.1 Å². The van der Waals surface area contributed by atoms with Crippen LogP contribution >= 0.6 is 0 Å². The van der Waals surface area contributed by atoms with Crippen molar-refractivity contribution >= 4 is 11.6 Å². The molecular weight excluding hydrogens is 429 g/mol. The number of hydrogen-bond acceptors (Lipinski definition) is 4. The number of allylic oxidation sites excluding steroid dienone is 1. The first-order chi connectivity index (χ1) is 16.5. The smallest absolute Gasteiger partial charge is 0.253 e. The number of carbonyl (C=O) groups excluding carboxylic acids is 1. The minimum absolute atomic E-state index is 0.0430. The van der Waals surface area contributed by atoms with Gasteiger partial charge in [-0.15, -0.1) is 0 Å². The number of halogens is 1.